The van der Waals surface area contributed by atoms with Crippen LogP contribution in [0.1, 0.15) is 11.1 Å². The molecule has 0 radical (unpaired) electrons. The van der Waals surface area contributed by atoms with Crippen molar-refractivity contribution >= 4 is 43.0 Å². The predicted molar refractivity (Wildman–Crippen MR) is 81.6 cm³/mol. The van der Waals surface area contributed by atoms with Gasteiger partial charge in [-0.15, -0.1) is 11.3 Å². The van der Waals surface area contributed by atoms with Crippen molar-refractivity contribution in [1.29, 1.82) is 0 Å². The molecule has 0 saturated heterocycles. The van der Waals surface area contributed by atoms with Crippen molar-refractivity contribution in [2.45, 2.75) is 17.7 Å². The summed E-state index contributed by atoms with van der Waals surface area (Å²) < 4.78 is 27.9. The van der Waals surface area contributed by atoms with Crippen LogP contribution >= 0.6 is 27.3 Å². The number of hydrogen-bond donors (Lipinski definition) is 2. The molecule has 0 aliphatic carbocycles. The third kappa shape index (κ3) is 3.56. The number of anilines is 1. The monoisotopic (exact) mass is 360 g/mol. The van der Waals surface area contributed by atoms with Gasteiger partial charge in [0, 0.05) is 12.2 Å². The van der Waals surface area contributed by atoms with Gasteiger partial charge in [-0.3, -0.25) is 0 Å². The summed E-state index contributed by atoms with van der Waals surface area (Å²) in [7, 11) is -3.48. The third-order valence-electron chi connectivity index (χ3n) is 2.52. The van der Waals surface area contributed by atoms with Gasteiger partial charge in [0.15, 0.2) is 0 Å². The van der Waals surface area contributed by atoms with E-state index >= 15 is 0 Å². The van der Waals surface area contributed by atoms with Crippen molar-refractivity contribution < 1.29 is 8.42 Å². The van der Waals surface area contributed by atoms with Crippen LogP contribution in [0.5, 0.6) is 0 Å². The molecule has 1 aromatic carbocycles. The molecule has 1 aromatic heterocycles. The maximum Gasteiger partial charge on any atom is 0.250 e. The highest BCUT2D eigenvalue weighted by atomic mass is 79.9. The second kappa shape index (κ2) is 5.62. The van der Waals surface area contributed by atoms with E-state index in [4.69, 9.17) is 5.73 Å². The van der Waals surface area contributed by atoms with Gasteiger partial charge in [-0.05, 0) is 52.2 Å². The summed E-state index contributed by atoms with van der Waals surface area (Å²) in [5, 5.41) is 0. The number of nitrogen functional groups attached to an aromatic ring is 1. The first-order chi connectivity index (χ1) is 8.88. The van der Waals surface area contributed by atoms with Crippen LogP contribution < -0.4 is 10.5 Å². The van der Waals surface area contributed by atoms with Crippen LogP contribution in [0.2, 0.25) is 0 Å². The van der Waals surface area contributed by atoms with E-state index in [0.29, 0.717) is 9.90 Å². The molecule has 1 heterocycles. The molecular weight excluding hydrogens is 348 g/mol. The second-order valence-corrected chi connectivity index (χ2v) is 8.46. The minimum Gasteiger partial charge on any atom is -0.399 e. The van der Waals surface area contributed by atoms with Crippen molar-refractivity contribution in [1.82, 2.24) is 4.72 Å². The number of aryl methyl sites for hydroxylation is 1. The lowest BCUT2D eigenvalue weighted by molar-refractivity contribution is 0.583. The van der Waals surface area contributed by atoms with E-state index in [9.17, 15) is 8.42 Å². The van der Waals surface area contributed by atoms with E-state index in [1.165, 1.54) is 11.3 Å². The molecule has 102 valence electrons. The van der Waals surface area contributed by atoms with E-state index in [0.717, 1.165) is 14.9 Å². The van der Waals surface area contributed by atoms with Gasteiger partial charge < -0.3 is 5.73 Å². The largest absolute Gasteiger partial charge is 0.399 e. The number of rotatable bonds is 4. The van der Waals surface area contributed by atoms with Crippen LogP contribution in [0.15, 0.2) is 38.3 Å². The summed E-state index contributed by atoms with van der Waals surface area (Å²) >= 11 is 4.52. The Hall–Kier alpha value is -0.890. The van der Waals surface area contributed by atoms with Gasteiger partial charge >= 0.3 is 0 Å². The number of nitrogens with two attached hydrogens (primary N) is 1. The smallest absolute Gasteiger partial charge is 0.250 e. The van der Waals surface area contributed by atoms with Gasteiger partial charge in [-0.25, -0.2) is 13.1 Å². The quantitative estimate of drug-likeness (QED) is 0.823. The minimum atomic E-state index is -3.48. The van der Waals surface area contributed by atoms with Gasteiger partial charge in [-0.1, -0.05) is 12.1 Å². The molecule has 0 unspecified atom stereocenters. The zero-order valence-electron chi connectivity index (χ0n) is 10.2. The SMILES string of the molecule is Cc1cc(S(=O)(=O)NCc2cccc(N)c2)sc1Br. The highest BCUT2D eigenvalue weighted by molar-refractivity contribution is 9.11. The van der Waals surface area contributed by atoms with Gasteiger partial charge in [0.1, 0.15) is 4.21 Å². The van der Waals surface area contributed by atoms with Crippen molar-refractivity contribution in [3.05, 3.63) is 45.2 Å². The molecular formula is C12H13BrN2O2S2. The van der Waals surface area contributed by atoms with Crippen molar-refractivity contribution in [3.63, 3.8) is 0 Å². The Morgan fingerprint density at radius 1 is 1.37 bits per heavy atom. The predicted octanol–water partition coefficient (Wildman–Crippen LogP) is 2.88. The molecule has 0 saturated carbocycles. The zero-order chi connectivity index (χ0) is 14.0. The van der Waals surface area contributed by atoms with E-state index in [2.05, 4.69) is 20.7 Å². The summed E-state index contributed by atoms with van der Waals surface area (Å²) in [5.41, 5.74) is 8.01. The fourth-order valence-electron chi connectivity index (χ4n) is 1.52. The number of benzene rings is 1. The van der Waals surface area contributed by atoms with Crippen LogP contribution in [0.4, 0.5) is 5.69 Å². The lowest BCUT2D eigenvalue weighted by Crippen LogP contribution is -2.22. The third-order valence-corrected chi connectivity index (χ3v) is 6.53. The molecule has 0 bridgehead atoms. The number of thiophene rings is 1. The highest BCUT2D eigenvalue weighted by Gasteiger charge is 2.17. The molecule has 2 aromatic rings. The Labute approximate surface area is 124 Å². The highest BCUT2D eigenvalue weighted by Crippen LogP contribution is 2.30. The normalized spacial score (nSPS) is 11.7. The number of sulfonamides is 1. The van der Waals surface area contributed by atoms with Crippen molar-refractivity contribution in [2.75, 3.05) is 5.73 Å². The fourth-order valence-corrected chi connectivity index (χ4v) is 4.80. The van der Waals surface area contributed by atoms with Gasteiger partial charge in [0.05, 0.1) is 3.79 Å². The summed E-state index contributed by atoms with van der Waals surface area (Å²) in [4.78, 5) is 0. The standard InChI is InChI=1S/C12H13BrN2O2S2/c1-8-5-11(18-12(8)13)19(16,17)15-7-9-3-2-4-10(14)6-9/h2-6,15H,7,14H2,1H3. The van der Waals surface area contributed by atoms with Crippen LogP contribution in [0, 0.1) is 6.92 Å². The molecule has 0 fully saturated rings. The first-order valence-corrected chi connectivity index (χ1v) is 8.58. The average Bonchev–Trinajstić information content (AvgIpc) is 2.68. The van der Waals surface area contributed by atoms with Crippen LogP contribution in [-0.2, 0) is 16.6 Å². The minimum absolute atomic E-state index is 0.224. The molecule has 0 atom stereocenters. The maximum atomic E-state index is 12.1. The van der Waals surface area contributed by atoms with E-state index < -0.39 is 10.0 Å². The number of nitrogens with one attached hydrogen (secondary N) is 1. The molecule has 4 nitrogen and oxygen atoms in total. The Bertz CT molecular complexity index is 676. The lowest BCUT2D eigenvalue weighted by Gasteiger charge is -2.05. The lowest BCUT2D eigenvalue weighted by atomic mass is 10.2. The molecule has 19 heavy (non-hydrogen) atoms. The number of hydrogen-bond acceptors (Lipinski definition) is 4. The van der Waals surface area contributed by atoms with Crippen LogP contribution in [-0.4, -0.2) is 8.42 Å². The second-order valence-electron chi connectivity index (χ2n) is 4.09. The summed E-state index contributed by atoms with van der Waals surface area (Å²) in [6.07, 6.45) is 0. The van der Waals surface area contributed by atoms with Gasteiger partial charge in [0.2, 0.25) is 10.0 Å². The summed E-state index contributed by atoms with van der Waals surface area (Å²) in [5.74, 6) is 0. The molecule has 3 N–H and O–H groups in total. The molecule has 0 spiro atoms. The Morgan fingerprint density at radius 3 is 2.68 bits per heavy atom. The molecule has 0 aliphatic rings. The average molecular weight is 361 g/mol. The molecule has 0 aliphatic heterocycles. The van der Waals surface area contributed by atoms with Crippen LogP contribution in [0.3, 0.4) is 0 Å². The van der Waals surface area contributed by atoms with Gasteiger partial charge in [-0.2, -0.15) is 0 Å². The van der Waals surface area contributed by atoms with Crippen molar-refractivity contribution in [3.8, 4) is 0 Å². The number of halogens is 1. The van der Waals surface area contributed by atoms with E-state index in [-0.39, 0.29) is 6.54 Å². The molecule has 0 amide bonds. The Kier molecular flexibility index (Phi) is 4.29. The fraction of sp³-hybridized carbons (Fsp3) is 0.167. The topological polar surface area (TPSA) is 72.2 Å². The first kappa shape index (κ1) is 14.5. The van der Waals surface area contributed by atoms with E-state index in [1.807, 2.05) is 13.0 Å². The molecule has 2 rings (SSSR count). The maximum absolute atomic E-state index is 12.1. The Morgan fingerprint density at radius 2 is 2.11 bits per heavy atom. The van der Waals surface area contributed by atoms with Crippen LogP contribution in [0.25, 0.3) is 0 Å². The molecule has 7 heteroatoms. The van der Waals surface area contributed by atoms with Crippen molar-refractivity contribution in [2.24, 2.45) is 0 Å². The van der Waals surface area contributed by atoms with Gasteiger partial charge in [0.25, 0.3) is 0 Å². The zero-order valence-corrected chi connectivity index (χ0v) is 13.4. The first-order valence-electron chi connectivity index (χ1n) is 5.48. The summed E-state index contributed by atoms with van der Waals surface area (Å²) in [6.45, 7) is 2.08. The Balaban J connectivity index is 2.14. The summed E-state index contributed by atoms with van der Waals surface area (Å²) in [6, 6.07) is 8.78. The van der Waals surface area contributed by atoms with E-state index in [1.54, 1.807) is 24.3 Å².